The Labute approximate surface area is 633 Å². The molecule has 0 aromatic carbocycles. The molecule has 8 heterocycles. The van der Waals surface area contributed by atoms with Crippen LogP contribution in [-0.2, 0) is 71.8 Å². The van der Waals surface area contributed by atoms with Gasteiger partial charge in [-0.2, -0.15) is 9.97 Å². The van der Waals surface area contributed by atoms with Gasteiger partial charge in [0.1, 0.15) is 60.5 Å². The van der Waals surface area contributed by atoms with E-state index < -0.39 is 171 Å². The Morgan fingerprint density at radius 3 is 0.935 bits per heavy atom. The zero-order chi connectivity index (χ0) is 82.8. The number of hydrogen-bond acceptors (Lipinski definition) is 28. The van der Waals surface area contributed by atoms with Crippen molar-refractivity contribution in [3.8, 4) is 0 Å². The first-order valence-corrected chi connectivity index (χ1v) is 40.7. The van der Waals surface area contributed by atoms with Crippen molar-refractivity contribution in [1.82, 2.24) is 38.2 Å². The van der Waals surface area contributed by atoms with E-state index in [1.165, 1.54) is 47.6 Å². The number of phosphoric ester groups is 2. The molecule has 4 saturated heterocycles. The number of ether oxygens (including phenoxy) is 5. The highest BCUT2D eigenvalue weighted by molar-refractivity contribution is 8.07. The van der Waals surface area contributed by atoms with Crippen molar-refractivity contribution < 1.29 is 95.1 Å². The quantitative estimate of drug-likeness (QED) is 0.0461. The van der Waals surface area contributed by atoms with E-state index in [4.69, 9.17) is 74.1 Å². The molecule has 36 nitrogen and oxygen atoms in total. The molecule has 108 heavy (non-hydrogen) atoms. The fourth-order valence-corrected chi connectivity index (χ4v) is 16.8. The molecule has 0 radical (unpaired) electrons. The van der Waals surface area contributed by atoms with Crippen molar-refractivity contribution in [3.05, 3.63) is 112 Å². The summed E-state index contributed by atoms with van der Waals surface area (Å²) in [5.74, 6) is 0.100. The number of aromatic amines is 2. The van der Waals surface area contributed by atoms with Crippen LogP contribution >= 0.6 is 22.4 Å². The predicted octanol–water partition coefficient (Wildman–Crippen LogP) is 6.70. The lowest BCUT2D eigenvalue weighted by atomic mass is 9.87. The van der Waals surface area contributed by atoms with Gasteiger partial charge in [0.05, 0.1) is 46.8 Å². The summed E-state index contributed by atoms with van der Waals surface area (Å²) in [5.41, 5.74) is 3.40. The average molecular weight is 1620 g/mol. The predicted molar refractivity (Wildman–Crippen MR) is 402 cm³/mol. The summed E-state index contributed by atoms with van der Waals surface area (Å²) in [6.07, 6.45) is -8.69. The number of nitrogens with two attached hydrogens (primary N) is 2. The van der Waals surface area contributed by atoms with Crippen molar-refractivity contribution in [3.63, 3.8) is 0 Å². The monoisotopic (exact) mass is 1610 g/mol. The van der Waals surface area contributed by atoms with Crippen LogP contribution < -0.4 is 45.3 Å². The van der Waals surface area contributed by atoms with E-state index in [-0.39, 0.29) is 39.4 Å². The van der Waals surface area contributed by atoms with E-state index in [2.05, 4.69) is 40.7 Å². The van der Waals surface area contributed by atoms with E-state index in [9.17, 15) is 73.0 Å². The molecule has 4 aromatic heterocycles. The lowest BCUT2D eigenvalue weighted by molar-refractivity contribution is -0.117. The van der Waals surface area contributed by atoms with Gasteiger partial charge in [-0.15, -0.1) is 0 Å². The van der Waals surface area contributed by atoms with Crippen LogP contribution in [0.4, 0.5) is 11.6 Å². The van der Waals surface area contributed by atoms with Gasteiger partial charge in [-0.1, -0.05) is 83.1 Å². The smallest absolute Gasteiger partial charge is 0.386 e. The fourth-order valence-electron chi connectivity index (χ4n) is 11.9. The first kappa shape index (κ1) is 93.7. The van der Waals surface area contributed by atoms with Crippen LogP contribution in [0.3, 0.4) is 0 Å². The van der Waals surface area contributed by atoms with E-state index in [1.807, 2.05) is 83.1 Å². The normalized spacial score (nSPS) is 28.3. The van der Waals surface area contributed by atoms with E-state index in [1.54, 1.807) is 62.3 Å². The molecule has 4 aliphatic heterocycles. The number of rotatable bonds is 18. The maximum Gasteiger partial charge on any atom is 0.473 e. The number of anilines is 2. The Kier molecular flexibility index (Phi) is 30.6. The lowest BCUT2D eigenvalue weighted by Gasteiger charge is -2.32. The molecule has 0 spiro atoms. The minimum absolute atomic E-state index is 0.0330. The molecule has 0 bridgehead atoms. The second kappa shape index (κ2) is 35.2. The third-order valence-corrected chi connectivity index (χ3v) is 19.8. The third kappa shape index (κ3) is 29.6. The summed E-state index contributed by atoms with van der Waals surface area (Å²) >= 11 is 5.13. The number of phosphoric acid groups is 2. The average Bonchev–Trinajstić information content (AvgIpc) is 1.65. The van der Waals surface area contributed by atoms with Crippen LogP contribution in [0.15, 0.2) is 77.8 Å². The summed E-state index contributed by atoms with van der Waals surface area (Å²) < 4.78 is 90.9. The maximum absolute atomic E-state index is 12.4. The van der Waals surface area contributed by atoms with E-state index >= 15 is 0 Å². The molecule has 0 aliphatic carbocycles. The number of nitrogen functional groups attached to an aromatic ring is 2. The molecular weight excluding hydrogens is 1500 g/mol. The molecule has 7 unspecified atom stereocenters. The van der Waals surface area contributed by atoms with Gasteiger partial charge in [-0.25, -0.2) is 28.3 Å². The van der Waals surface area contributed by atoms with E-state index in [0.717, 1.165) is 19.8 Å². The Hall–Kier alpha value is -4.89. The lowest BCUT2D eigenvalue weighted by Crippen LogP contribution is -2.42. The van der Waals surface area contributed by atoms with Crippen LogP contribution in [0, 0.1) is 21.7 Å². The van der Waals surface area contributed by atoms with Crippen molar-refractivity contribution in [1.29, 1.82) is 0 Å². The summed E-state index contributed by atoms with van der Waals surface area (Å²) in [7, 11) is -9.03. The maximum atomic E-state index is 12.4. The molecule has 4 aliphatic rings. The summed E-state index contributed by atoms with van der Waals surface area (Å²) in [6, 6.07) is 5.17. The fraction of sp³-hybridized carbons (Fsp3) is 0.765. The van der Waals surface area contributed by atoms with Crippen molar-refractivity contribution in [2.75, 3.05) is 11.5 Å². The molecule has 40 heteroatoms. The Balaban J connectivity index is 0.000000259. The van der Waals surface area contributed by atoms with Gasteiger partial charge in [-0.05, 0) is 154 Å². The molecule has 0 amide bonds. The zero-order valence-electron chi connectivity index (χ0n) is 66.2. The van der Waals surface area contributed by atoms with Crippen molar-refractivity contribution in [2.45, 2.75) is 312 Å². The standard InChI is InChI=1S/C17H30N3O7P.C17H30N3O6PS.C17H29N2O8P.C17H28N2O5/c1-16(2,3)9-10-13(26-28(23,24)27-17(4,5)6)12(21)14(25-10)20-8-7-11(18)19-15(20)22;1-16(2,3)9-10-13(25-27(23,28)26-17(4,5)6)12(21)14(24-10)20-8-7-11(18)19-15(20)22;1-16(2,3)9-10-13(26-28(23,24)27-17(4,5)6)12(21)14(25-10)19-8-7-11(20)18-15(19)22;1-16(2,3)9-10-13(24-17(4,5)6)12(21)14(23-10)19-8-7-11(20)18-15(19)22/h7-8,10,12-14,21H,9H2,1-6H3,(H,23,24)(H2,18,19,22);7-8,10,12-14,21H,9H2,1-6H3,(H,23,28)(H2,18,19,22);7-8,10,12-14,21H,9H2,1-6H3,(H,23,24)(H,18,20,22);7-8,10,12-14,21H,9H2,1-6H3,(H,18,20,22)/t10-,12?,13+,14-;10-,12?,13+,14-,27?;2*10-,12?,13+,14-/m1111/s1. The summed E-state index contributed by atoms with van der Waals surface area (Å²) in [4.78, 5) is 113. The third-order valence-electron chi connectivity index (χ3n) is 15.4. The Morgan fingerprint density at radius 2 is 0.676 bits per heavy atom. The van der Waals surface area contributed by atoms with Gasteiger partial charge in [0.15, 0.2) is 24.9 Å². The first-order chi connectivity index (χ1) is 48.6. The van der Waals surface area contributed by atoms with Crippen LogP contribution in [0.25, 0.3) is 0 Å². The van der Waals surface area contributed by atoms with Crippen LogP contribution in [0.2, 0.25) is 0 Å². The highest BCUT2D eigenvalue weighted by Crippen LogP contribution is 2.55. The van der Waals surface area contributed by atoms with Gasteiger partial charge in [0.25, 0.3) is 11.1 Å². The van der Waals surface area contributed by atoms with E-state index in [0.29, 0.717) is 25.7 Å². The minimum atomic E-state index is -4.53. The van der Waals surface area contributed by atoms with Gasteiger partial charge in [0.2, 0.25) is 0 Å². The second-order valence-electron chi connectivity index (χ2n) is 35.8. The molecule has 4 fully saturated rings. The molecule has 4 aromatic rings. The number of nitrogens with zero attached hydrogens (tertiary/aromatic N) is 6. The topological polar surface area (TPSA) is 509 Å². The Bertz CT molecular complexity index is 4060. The zero-order valence-corrected chi connectivity index (χ0v) is 69.7. The van der Waals surface area contributed by atoms with Gasteiger partial charge < -0.3 is 74.8 Å². The number of aliphatic hydroxyl groups excluding tert-OH is 4. The molecule has 616 valence electrons. The molecule has 0 saturated carbocycles. The minimum Gasteiger partial charge on any atom is -0.386 e. The van der Waals surface area contributed by atoms with Gasteiger partial charge in [0, 0.05) is 36.9 Å². The summed E-state index contributed by atoms with van der Waals surface area (Å²) in [6.45, 7) is 40.8. The van der Waals surface area contributed by atoms with Gasteiger partial charge in [-0.3, -0.25) is 60.4 Å². The van der Waals surface area contributed by atoms with Crippen LogP contribution in [-0.4, -0.2) is 169 Å². The molecule has 19 atom stereocenters. The number of H-pyrrole nitrogens is 2. The Morgan fingerprint density at radius 1 is 0.417 bits per heavy atom. The van der Waals surface area contributed by atoms with Crippen LogP contribution in [0.1, 0.15) is 217 Å². The molecule has 8 rings (SSSR count). The SMILES string of the molecule is CC(C)(C)C[C@H]1O[C@@H](n2ccc(=O)[nH]c2=O)C(O)[C@H]1OC(C)(C)C.CC(C)(C)C[C@H]1O[C@@H](n2ccc(=O)[nH]c2=O)C(O)[C@H]1OP(=O)(O)OC(C)(C)C.CC(C)(C)C[C@H]1O[C@@H](n2ccc(N)nc2=O)C(O)[C@H]1OP(=O)(O)OC(C)(C)C.CC(C)(C)C[C@H]1O[C@@H](n2ccc(N)nc2=O)C(O)[C@H]1OP(O)(=S)OC(C)(C)C. The highest BCUT2D eigenvalue weighted by Gasteiger charge is 2.54. The number of hydrogen-bond donors (Lipinski definition) is 11. The largest absolute Gasteiger partial charge is 0.473 e. The molecule has 13 N–H and O–H groups in total. The van der Waals surface area contributed by atoms with Gasteiger partial charge >= 0.3 is 45.1 Å². The number of nitrogens with one attached hydrogen (secondary N) is 2. The second-order valence-corrected chi connectivity index (χ2v) is 41.2. The summed E-state index contributed by atoms with van der Waals surface area (Å²) in [5, 5.41) is 43.1. The van der Waals surface area contributed by atoms with Crippen LogP contribution in [0.5, 0.6) is 0 Å². The number of aromatic nitrogens is 8. The van der Waals surface area contributed by atoms with Crippen molar-refractivity contribution >= 4 is 45.8 Å². The first-order valence-electron chi connectivity index (χ1n) is 35.1. The number of aliphatic hydroxyl groups is 4. The molecular formula is C68H117N10O26P3S. The van der Waals surface area contributed by atoms with Crippen molar-refractivity contribution in [2.24, 2.45) is 21.7 Å². The highest BCUT2D eigenvalue weighted by atomic mass is 32.5.